The van der Waals surface area contributed by atoms with Gasteiger partial charge in [0.2, 0.25) is 5.91 Å². The van der Waals surface area contributed by atoms with Crippen LogP contribution in [0, 0.1) is 12.3 Å². The maximum absolute atomic E-state index is 11.1. The molecule has 80 valence electrons. The summed E-state index contributed by atoms with van der Waals surface area (Å²) in [5.74, 6) is 2.29. The first-order valence-electron chi connectivity index (χ1n) is 4.09. The van der Waals surface area contributed by atoms with Crippen molar-refractivity contribution in [2.75, 3.05) is 12.3 Å². The highest BCUT2D eigenvalue weighted by Gasteiger charge is 2.07. The van der Waals surface area contributed by atoms with Crippen molar-refractivity contribution in [2.45, 2.75) is 5.16 Å². The maximum atomic E-state index is 11.1. The number of aromatic nitrogens is 3. The number of carbonyl (C=O) groups is 1. The Hall–Kier alpha value is -1.68. The van der Waals surface area contributed by atoms with Gasteiger partial charge in [0.1, 0.15) is 0 Å². The third-order valence-corrected chi connectivity index (χ3v) is 2.59. The van der Waals surface area contributed by atoms with E-state index < -0.39 is 0 Å². The van der Waals surface area contributed by atoms with Crippen LogP contribution in [0.25, 0.3) is 0 Å². The Morgan fingerprint density at radius 1 is 1.80 bits per heavy atom. The van der Waals surface area contributed by atoms with Crippen molar-refractivity contribution in [3.05, 3.63) is 10.5 Å². The molecule has 1 amide bonds. The molecule has 0 saturated carbocycles. The van der Waals surface area contributed by atoms with Crippen molar-refractivity contribution in [1.29, 1.82) is 0 Å². The van der Waals surface area contributed by atoms with Gasteiger partial charge in [0.25, 0.3) is 0 Å². The summed E-state index contributed by atoms with van der Waals surface area (Å²) in [6, 6.07) is 0. The van der Waals surface area contributed by atoms with Crippen LogP contribution in [0.1, 0.15) is 0 Å². The fourth-order valence-corrected chi connectivity index (χ4v) is 1.54. The molecule has 1 aromatic heterocycles. The maximum Gasteiger partial charge on any atom is 0.343 e. The van der Waals surface area contributed by atoms with E-state index in [1.807, 2.05) is 0 Å². The molecule has 0 aliphatic heterocycles. The van der Waals surface area contributed by atoms with E-state index in [-0.39, 0.29) is 23.9 Å². The van der Waals surface area contributed by atoms with E-state index >= 15 is 0 Å². The summed E-state index contributed by atoms with van der Waals surface area (Å²) in [7, 11) is 1.58. The number of rotatable bonds is 4. The molecule has 0 spiro atoms. The largest absolute Gasteiger partial charge is 0.344 e. The number of nitrogens with zero attached hydrogens (tertiary/aromatic N) is 2. The smallest absolute Gasteiger partial charge is 0.343 e. The first-order valence-corrected chi connectivity index (χ1v) is 5.08. The number of nitrogens with one attached hydrogen (secondary N) is 2. The molecular weight excluding hydrogens is 216 g/mol. The predicted molar refractivity (Wildman–Crippen MR) is 56.4 cm³/mol. The minimum Gasteiger partial charge on any atom is -0.344 e. The van der Waals surface area contributed by atoms with Gasteiger partial charge in [-0.2, -0.15) is 0 Å². The van der Waals surface area contributed by atoms with Gasteiger partial charge >= 0.3 is 5.69 Å². The molecule has 0 aliphatic rings. The van der Waals surface area contributed by atoms with Crippen LogP contribution in [0.4, 0.5) is 0 Å². The molecule has 0 bridgehead atoms. The van der Waals surface area contributed by atoms with Crippen LogP contribution in [-0.4, -0.2) is 33.0 Å². The SMILES string of the molecule is C#CCNC(=O)CSc1n[nH]c(=O)n1C. The van der Waals surface area contributed by atoms with Crippen LogP contribution in [0.3, 0.4) is 0 Å². The molecule has 0 unspecified atom stereocenters. The van der Waals surface area contributed by atoms with Crippen molar-refractivity contribution >= 4 is 17.7 Å². The highest BCUT2D eigenvalue weighted by atomic mass is 32.2. The molecule has 6 nitrogen and oxygen atoms in total. The van der Waals surface area contributed by atoms with Gasteiger partial charge in [0.05, 0.1) is 12.3 Å². The zero-order chi connectivity index (χ0) is 11.3. The van der Waals surface area contributed by atoms with Gasteiger partial charge in [-0.15, -0.1) is 11.5 Å². The summed E-state index contributed by atoms with van der Waals surface area (Å²) >= 11 is 1.17. The summed E-state index contributed by atoms with van der Waals surface area (Å²) in [4.78, 5) is 22.1. The van der Waals surface area contributed by atoms with Crippen molar-refractivity contribution in [3.8, 4) is 12.3 Å². The fraction of sp³-hybridized carbons (Fsp3) is 0.375. The first kappa shape index (κ1) is 11.4. The molecule has 0 aliphatic carbocycles. The highest BCUT2D eigenvalue weighted by molar-refractivity contribution is 7.99. The molecule has 1 rings (SSSR count). The number of hydrogen-bond acceptors (Lipinski definition) is 4. The van der Waals surface area contributed by atoms with Gasteiger partial charge in [-0.05, 0) is 0 Å². The Balaban J connectivity index is 2.44. The minimum absolute atomic E-state index is 0.180. The molecule has 0 fully saturated rings. The quantitative estimate of drug-likeness (QED) is 0.507. The van der Waals surface area contributed by atoms with Crippen LogP contribution in [0.2, 0.25) is 0 Å². The molecule has 15 heavy (non-hydrogen) atoms. The molecule has 7 heteroatoms. The Morgan fingerprint density at radius 3 is 3.07 bits per heavy atom. The van der Waals surface area contributed by atoms with Crippen LogP contribution in [-0.2, 0) is 11.8 Å². The summed E-state index contributed by atoms with van der Waals surface area (Å²) in [6.45, 7) is 0.207. The topological polar surface area (TPSA) is 79.8 Å². The number of amides is 1. The minimum atomic E-state index is -0.304. The molecule has 0 atom stereocenters. The number of aromatic amines is 1. The number of terminal acetylenes is 1. The lowest BCUT2D eigenvalue weighted by molar-refractivity contribution is -0.118. The van der Waals surface area contributed by atoms with E-state index in [0.29, 0.717) is 5.16 Å². The number of H-pyrrole nitrogens is 1. The Bertz CT molecular complexity index is 442. The van der Waals surface area contributed by atoms with Gasteiger partial charge in [-0.25, -0.2) is 9.89 Å². The fourth-order valence-electron chi connectivity index (χ4n) is 0.792. The second-order valence-electron chi connectivity index (χ2n) is 2.64. The van der Waals surface area contributed by atoms with E-state index in [9.17, 15) is 9.59 Å². The van der Waals surface area contributed by atoms with Crippen molar-refractivity contribution in [3.63, 3.8) is 0 Å². The Morgan fingerprint density at radius 2 is 2.53 bits per heavy atom. The summed E-state index contributed by atoms with van der Waals surface area (Å²) in [5, 5.41) is 8.99. The molecule has 0 saturated heterocycles. The molecule has 0 radical (unpaired) electrons. The van der Waals surface area contributed by atoms with Crippen LogP contribution in [0.15, 0.2) is 9.95 Å². The van der Waals surface area contributed by atoms with Gasteiger partial charge in [0.15, 0.2) is 5.16 Å². The second kappa shape index (κ2) is 5.26. The number of thioether (sulfide) groups is 1. The average Bonchev–Trinajstić information content (AvgIpc) is 2.54. The first-order chi connectivity index (χ1) is 7.15. The van der Waals surface area contributed by atoms with Gasteiger partial charge in [-0.3, -0.25) is 9.36 Å². The van der Waals surface area contributed by atoms with Crippen LogP contribution in [0.5, 0.6) is 0 Å². The van der Waals surface area contributed by atoms with E-state index in [2.05, 4.69) is 21.4 Å². The summed E-state index contributed by atoms with van der Waals surface area (Å²) in [6.07, 6.45) is 4.98. The Kier molecular flexibility index (Phi) is 4.00. The molecular formula is C8H10N4O2S. The van der Waals surface area contributed by atoms with Crippen molar-refractivity contribution in [1.82, 2.24) is 20.1 Å². The zero-order valence-corrected chi connectivity index (χ0v) is 8.93. The molecule has 2 N–H and O–H groups in total. The monoisotopic (exact) mass is 226 g/mol. The van der Waals surface area contributed by atoms with Crippen molar-refractivity contribution < 1.29 is 4.79 Å². The third-order valence-electron chi connectivity index (χ3n) is 1.56. The molecule has 1 heterocycles. The highest BCUT2D eigenvalue weighted by Crippen LogP contribution is 2.10. The zero-order valence-electron chi connectivity index (χ0n) is 8.11. The number of hydrogen-bond donors (Lipinski definition) is 2. The molecule has 0 aromatic carbocycles. The van der Waals surface area contributed by atoms with Crippen LogP contribution >= 0.6 is 11.8 Å². The lowest BCUT2D eigenvalue weighted by Crippen LogP contribution is -2.25. The normalized spacial score (nSPS) is 9.60. The summed E-state index contributed by atoms with van der Waals surface area (Å²) < 4.78 is 1.33. The van der Waals surface area contributed by atoms with E-state index in [4.69, 9.17) is 6.42 Å². The van der Waals surface area contributed by atoms with E-state index in [1.165, 1.54) is 16.3 Å². The van der Waals surface area contributed by atoms with E-state index in [1.54, 1.807) is 7.05 Å². The van der Waals surface area contributed by atoms with Gasteiger partial charge in [-0.1, -0.05) is 17.7 Å². The summed E-state index contributed by atoms with van der Waals surface area (Å²) in [5.41, 5.74) is -0.304. The van der Waals surface area contributed by atoms with Gasteiger partial charge < -0.3 is 5.32 Å². The lowest BCUT2D eigenvalue weighted by atomic mass is 10.6. The lowest BCUT2D eigenvalue weighted by Gasteiger charge is -2.00. The molecule has 1 aromatic rings. The van der Waals surface area contributed by atoms with Crippen LogP contribution < -0.4 is 11.0 Å². The Labute approximate surface area is 90.4 Å². The number of carbonyl (C=O) groups excluding carboxylic acids is 1. The average molecular weight is 226 g/mol. The van der Waals surface area contributed by atoms with Gasteiger partial charge in [0, 0.05) is 7.05 Å². The third kappa shape index (κ3) is 3.18. The standard InChI is InChI=1S/C8H10N4O2S/c1-3-4-9-6(13)5-15-8-11-10-7(14)12(8)2/h1H,4-5H2,2H3,(H,9,13)(H,10,14). The van der Waals surface area contributed by atoms with E-state index in [0.717, 1.165) is 0 Å². The van der Waals surface area contributed by atoms with Crippen molar-refractivity contribution in [2.24, 2.45) is 7.05 Å². The second-order valence-corrected chi connectivity index (χ2v) is 3.58. The predicted octanol–water partition coefficient (Wildman–Crippen LogP) is -1.05.